The number of fused-ring (bicyclic) bond motifs is 1. The van der Waals surface area contributed by atoms with Crippen molar-refractivity contribution in [3.63, 3.8) is 0 Å². The van der Waals surface area contributed by atoms with E-state index in [0.717, 1.165) is 22.4 Å². The lowest BCUT2D eigenvalue weighted by Gasteiger charge is -2.31. The molecule has 0 saturated carbocycles. The van der Waals surface area contributed by atoms with E-state index in [0.29, 0.717) is 49.4 Å². The van der Waals surface area contributed by atoms with Crippen molar-refractivity contribution in [1.29, 1.82) is 0 Å². The molecule has 3 aromatic rings. The molecule has 0 saturated heterocycles. The first-order valence-corrected chi connectivity index (χ1v) is 12.2. The molecular weight excluding hydrogens is 471 g/mol. The van der Waals surface area contributed by atoms with E-state index >= 15 is 0 Å². The van der Waals surface area contributed by atoms with Gasteiger partial charge in [0.1, 0.15) is 18.2 Å². The average Bonchev–Trinajstić information content (AvgIpc) is 2.92. The molecular formula is C30H27FN2O4. The zero-order chi connectivity index (χ0) is 25.8. The number of carboxylic acids is 1. The molecule has 0 bridgehead atoms. The molecule has 5 rings (SSSR count). The van der Waals surface area contributed by atoms with Crippen molar-refractivity contribution in [3.05, 3.63) is 107 Å². The monoisotopic (exact) mass is 498 g/mol. The zero-order valence-corrected chi connectivity index (χ0v) is 20.2. The smallest absolute Gasteiger partial charge is 0.336 e. The predicted molar refractivity (Wildman–Crippen MR) is 141 cm³/mol. The van der Waals surface area contributed by atoms with Crippen LogP contribution in [0.3, 0.4) is 0 Å². The third kappa shape index (κ3) is 5.56. The van der Waals surface area contributed by atoms with E-state index < -0.39 is 5.97 Å². The highest BCUT2D eigenvalue weighted by molar-refractivity contribution is 5.96. The number of allylic oxidation sites excluding steroid dienone is 2. The summed E-state index contributed by atoms with van der Waals surface area (Å²) in [6.45, 7) is 2.13. The van der Waals surface area contributed by atoms with Crippen molar-refractivity contribution in [2.45, 2.75) is 19.4 Å². The number of rotatable bonds is 7. The normalized spacial score (nSPS) is 14.7. The third-order valence-electron chi connectivity index (χ3n) is 6.56. The molecule has 0 fully saturated rings. The number of benzene rings is 3. The predicted octanol–water partition coefficient (Wildman–Crippen LogP) is 5.75. The van der Waals surface area contributed by atoms with Gasteiger partial charge in [-0.25, -0.2) is 9.18 Å². The third-order valence-corrected chi connectivity index (χ3v) is 6.56. The number of anilines is 1. The van der Waals surface area contributed by atoms with Gasteiger partial charge < -0.3 is 20.1 Å². The Labute approximate surface area is 214 Å². The van der Waals surface area contributed by atoms with Crippen LogP contribution in [0.1, 0.15) is 39.1 Å². The molecule has 0 atom stereocenters. The molecule has 37 heavy (non-hydrogen) atoms. The second-order valence-corrected chi connectivity index (χ2v) is 9.09. The van der Waals surface area contributed by atoms with E-state index in [4.69, 9.17) is 4.74 Å². The molecule has 2 aliphatic rings. The number of hydrogen-bond acceptors (Lipinski definition) is 4. The summed E-state index contributed by atoms with van der Waals surface area (Å²) in [5.74, 6) is -0.696. The van der Waals surface area contributed by atoms with Crippen molar-refractivity contribution >= 4 is 17.6 Å². The van der Waals surface area contributed by atoms with Crippen molar-refractivity contribution < 1.29 is 23.8 Å². The van der Waals surface area contributed by atoms with Gasteiger partial charge in [-0.3, -0.25) is 4.79 Å². The Bertz CT molecular complexity index is 1390. The maximum absolute atomic E-state index is 13.5. The van der Waals surface area contributed by atoms with E-state index in [1.165, 1.54) is 6.08 Å². The molecule has 3 aromatic carbocycles. The van der Waals surface area contributed by atoms with Crippen molar-refractivity contribution in [1.82, 2.24) is 5.32 Å². The quantitative estimate of drug-likeness (QED) is 0.433. The Hall–Kier alpha value is -4.39. The van der Waals surface area contributed by atoms with Gasteiger partial charge in [0.15, 0.2) is 0 Å². The Balaban J connectivity index is 1.27. The van der Waals surface area contributed by atoms with Gasteiger partial charge in [0.2, 0.25) is 0 Å². The summed E-state index contributed by atoms with van der Waals surface area (Å²) in [4.78, 5) is 26.4. The summed E-state index contributed by atoms with van der Waals surface area (Å²) >= 11 is 0. The SMILES string of the molecule is O=C(NCC1=CCCC(F)=C1)c1ccc2c(c1)OCCN2Cc1ccc(-c2ccccc2C(=O)O)cc1. The molecule has 1 aliphatic carbocycles. The summed E-state index contributed by atoms with van der Waals surface area (Å²) in [5.41, 5.74) is 5.05. The molecule has 188 valence electrons. The van der Waals surface area contributed by atoms with Crippen LogP contribution in [0.4, 0.5) is 10.1 Å². The van der Waals surface area contributed by atoms with Crippen LogP contribution in [-0.2, 0) is 6.54 Å². The lowest BCUT2D eigenvalue weighted by Crippen LogP contribution is -2.32. The average molecular weight is 499 g/mol. The minimum atomic E-state index is -0.950. The first kappa shape index (κ1) is 24.3. The molecule has 7 heteroatoms. The fourth-order valence-electron chi connectivity index (χ4n) is 4.65. The fourth-order valence-corrected chi connectivity index (χ4v) is 4.65. The van der Waals surface area contributed by atoms with E-state index in [2.05, 4.69) is 10.2 Å². The van der Waals surface area contributed by atoms with Gasteiger partial charge in [-0.15, -0.1) is 0 Å². The van der Waals surface area contributed by atoms with Gasteiger partial charge >= 0.3 is 5.97 Å². The summed E-state index contributed by atoms with van der Waals surface area (Å²) in [5, 5.41) is 12.3. The van der Waals surface area contributed by atoms with Crippen LogP contribution in [0, 0.1) is 0 Å². The van der Waals surface area contributed by atoms with Crippen LogP contribution >= 0.6 is 0 Å². The molecule has 1 aliphatic heterocycles. The fraction of sp³-hybridized carbons (Fsp3) is 0.200. The van der Waals surface area contributed by atoms with E-state index in [1.54, 1.807) is 24.3 Å². The number of amides is 1. The molecule has 0 radical (unpaired) electrons. The maximum atomic E-state index is 13.5. The lowest BCUT2D eigenvalue weighted by molar-refractivity contribution is 0.0697. The van der Waals surface area contributed by atoms with Crippen LogP contribution < -0.4 is 15.0 Å². The van der Waals surface area contributed by atoms with Crippen LogP contribution in [0.15, 0.2) is 90.3 Å². The van der Waals surface area contributed by atoms with E-state index in [1.807, 2.05) is 48.5 Å². The number of halogens is 1. The second kappa shape index (κ2) is 10.7. The van der Waals surface area contributed by atoms with Gasteiger partial charge in [-0.2, -0.15) is 0 Å². The highest BCUT2D eigenvalue weighted by Gasteiger charge is 2.20. The van der Waals surface area contributed by atoms with Crippen LogP contribution in [0.25, 0.3) is 11.1 Å². The number of carboxylic acid groups (broad SMARTS) is 1. The highest BCUT2D eigenvalue weighted by Crippen LogP contribution is 2.34. The summed E-state index contributed by atoms with van der Waals surface area (Å²) < 4.78 is 19.3. The van der Waals surface area contributed by atoms with Gasteiger partial charge in [-0.1, -0.05) is 48.5 Å². The molecule has 0 spiro atoms. The molecule has 6 nitrogen and oxygen atoms in total. The summed E-state index contributed by atoms with van der Waals surface area (Å²) in [7, 11) is 0. The maximum Gasteiger partial charge on any atom is 0.336 e. The largest absolute Gasteiger partial charge is 0.490 e. The van der Waals surface area contributed by atoms with E-state index in [9.17, 15) is 19.1 Å². The van der Waals surface area contributed by atoms with Crippen LogP contribution in [-0.4, -0.2) is 36.7 Å². The van der Waals surface area contributed by atoms with E-state index in [-0.39, 0.29) is 23.8 Å². The van der Waals surface area contributed by atoms with Crippen LogP contribution in [0.2, 0.25) is 0 Å². The van der Waals surface area contributed by atoms with Crippen LogP contribution in [0.5, 0.6) is 5.75 Å². The molecule has 0 aromatic heterocycles. The van der Waals surface area contributed by atoms with Gasteiger partial charge in [-0.05, 0) is 59.0 Å². The topological polar surface area (TPSA) is 78.9 Å². The molecule has 1 heterocycles. The Morgan fingerprint density at radius 2 is 1.86 bits per heavy atom. The number of aromatic carboxylic acids is 1. The standard InChI is InChI=1S/C30H27FN2O4/c31-24-5-3-4-21(16-24)18-32-29(34)23-12-13-27-28(17-23)37-15-14-33(27)19-20-8-10-22(11-9-20)25-6-1-2-7-26(25)30(35)36/h1-2,4,6-13,16-17H,3,5,14-15,18-19H2,(H,32,34)(H,35,36). The minimum absolute atomic E-state index is 0.159. The first-order valence-electron chi connectivity index (χ1n) is 12.2. The van der Waals surface area contributed by atoms with Crippen molar-refractivity contribution in [2.75, 3.05) is 24.6 Å². The summed E-state index contributed by atoms with van der Waals surface area (Å²) in [6, 6.07) is 20.3. The molecule has 1 amide bonds. The first-order chi connectivity index (χ1) is 18.0. The van der Waals surface area contributed by atoms with Gasteiger partial charge in [0, 0.05) is 25.1 Å². The molecule has 0 unspecified atom stereocenters. The number of nitrogens with one attached hydrogen (secondary N) is 1. The number of ether oxygens (including phenoxy) is 1. The lowest BCUT2D eigenvalue weighted by atomic mass is 9.98. The van der Waals surface area contributed by atoms with Crippen molar-refractivity contribution in [2.24, 2.45) is 0 Å². The second-order valence-electron chi connectivity index (χ2n) is 9.09. The van der Waals surface area contributed by atoms with Gasteiger partial charge in [0.25, 0.3) is 5.91 Å². The number of carbonyl (C=O) groups excluding carboxylic acids is 1. The highest BCUT2D eigenvalue weighted by atomic mass is 19.1. The van der Waals surface area contributed by atoms with Crippen molar-refractivity contribution in [3.8, 4) is 16.9 Å². The van der Waals surface area contributed by atoms with Gasteiger partial charge in [0.05, 0.1) is 17.8 Å². The Kier molecular flexibility index (Phi) is 7.03. The Morgan fingerprint density at radius 3 is 2.65 bits per heavy atom. The number of hydrogen-bond donors (Lipinski definition) is 2. The Morgan fingerprint density at radius 1 is 1.05 bits per heavy atom. The summed E-state index contributed by atoms with van der Waals surface area (Å²) in [6.07, 6.45) is 4.48. The zero-order valence-electron chi connectivity index (χ0n) is 20.2. The number of carbonyl (C=O) groups is 2. The molecule has 2 N–H and O–H groups in total. The number of nitrogens with zero attached hydrogens (tertiary/aromatic N) is 1. The minimum Gasteiger partial charge on any atom is -0.490 e.